The minimum Gasteiger partial charge on any atom is -0.367 e. The van der Waals surface area contributed by atoms with Crippen molar-refractivity contribution in [1.82, 2.24) is 15.0 Å². The normalized spacial score (nSPS) is 20.3. The van der Waals surface area contributed by atoms with Crippen LogP contribution in [0.15, 0.2) is 28.8 Å². The number of ether oxygens (including phenoxy) is 1. The van der Waals surface area contributed by atoms with Crippen molar-refractivity contribution in [3.05, 3.63) is 47.1 Å². The summed E-state index contributed by atoms with van der Waals surface area (Å²) in [5.74, 6) is 1.99. The van der Waals surface area contributed by atoms with Crippen LogP contribution in [-0.4, -0.2) is 40.1 Å². The van der Waals surface area contributed by atoms with Crippen LogP contribution in [0.4, 0.5) is 0 Å². The van der Waals surface area contributed by atoms with Crippen molar-refractivity contribution in [3.8, 4) is 0 Å². The van der Waals surface area contributed by atoms with E-state index in [-0.39, 0.29) is 12.0 Å². The summed E-state index contributed by atoms with van der Waals surface area (Å²) in [6.07, 6.45) is 4.70. The van der Waals surface area contributed by atoms with Crippen LogP contribution in [0.3, 0.4) is 0 Å². The molecule has 1 aliphatic heterocycles. The van der Waals surface area contributed by atoms with Gasteiger partial charge in [-0.3, -0.25) is 4.79 Å². The number of rotatable bonds is 6. The van der Waals surface area contributed by atoms with E-state index in [4.69, 9.17) is 9.26 Å². The lowest BCUT2D eigenvalue weighted by Crippen LogP contribution is -2.43. The SMILES string of the molecule is Cc1cccc(CC(=O)N2CCCC(OCc3nc(C4CC4)no3)C2)c1. The number of likely N-dealkylation sites (tertiary alicyclic amines) is 1. The van der Waals surface area contributed by atoms with Crippen LogP contribution in [0.1, 0.15) is 54.4 Å². The Balaban J connectivity index is 1.28. The summed E-state index contributed by atoms with van der Waals surface area (Å²) in [6, 6.07) is 8.13. The maximum atomic E-state index is 12.6. The molecule has 1 saturated heterocycles. The second-order valence-corrected chi connectivity index (χ2v) is 7.40. The van der Waals surface area contributed by atoms with Gasteiger partial charge in [0.2, 0.25) is 5.91 Å². The van der Waals surface area contributed by atoms with Gasteiger partial charge in [0.15, 0.2) is 5.82 Å². The topological polar surface area (TPSA) is 68.5 Å². The van der Waals surface area contributed by atoms with Gasteiger partial charge in [0.25, 0.3) is 5.89 Å². The van der Waals surface area contributed by atoms with E-state index < -0.39 is 0 Å². The third kappa shape index (κ3) is 4.30. The van der Waals surface area contributed by atoms with Crippen molar-refractivity contribution in [3.63, 3.8) is 0 Å². The molecule has 1 saturated carbocycles. The third-order valence-electron chi connectivity index (χ3n) is 5.04. The second-order valence-electron chi connectivity index (χ2n) is 7.40. The zero-order valence-electron chi connectivity index (χ0n) is 15.2. The van der Waals surface area contributed by atoms with Gasteiger partial charge in [-0.1, -0.05) is 35.0 Å². The molecule has 6 nitrogen and oxygen atoms in total. The Morgan fingerprint density at radius 2 is 2.23 bits per heavy atom. The average molecular weight is 355 g/mol. The molecule has 2 fully saturated rings. The third-order valence-corrected chi connectivity index (χ3v) is 5.04. The van der Waals surface area contributed by atoms with Crippen molar-refractivity contribution < 1.29 is 14.1 Å². The van der Waals surface area contributed by atoms with Gasteiger partial charge in [0.1, 0.15) is 6.61 Å². The Labute approximate surface area is 153 Å². The highest BCUT2D eigenvalue weighted by molar-refractivity contribution is 5.79. The van der Waals surface area contributed by atoms with Crippen LogP contribution in [0.5, 0.6) is 0 Å². The van der Waals surface area contributed by atoms with Gasteiger partial charge in [0.05, 0.1) is 12.5 Å². The summed E-state index contributed by atoms with van der Waals surface area (Å²) in [7, 11) is 0. The number of carbonyl (C=O) groups is 1. The maximum Gasteiger partial charge on any atom is 0.252 e. The number of hydrogen-bond acceptors (Lipinski definition) is 5. The van der Waals surface area contributed by atoms with E-state index >= 15 is 0 Å². The van der Waals surface area contributed by atoms with Crippen molar-refractivity contribution >= 4 is 5.91 Å². The number of benzene rings is 1. The lowest BCUT2D eigenvalue weighted by molar-refractivity contribution is -0.135. The molecule has 2 aromatic rings. The van der Waals surface area contributed by atoms with Gasteiger partial charge in [-0.25, -0.2) is 0 Å². The zero-order valence-corrected chi connectivity index (χ0v) is 15.2. The number of amides is 1. The minimum atomic E-state index is 0.0292. The van der Waals surface area contributed by atoms with Gasteiger partial charge in [-0.05, 0) is 38.2 Å². The molecular weight excluding hydrogens is 330 g/mol. The van der Waals surface area contributed by atoms with Crippen LogP contribution >= 0.6 is 0 Å². The fraction of sp³-hybridized carbons (Fsp3) is 0.550. The lowest BCUT2D eigenvalue weighted by atomic mass is 10.1. The van der Waals surface area contributed by atoms with Crippen molar-refractivity contribution in [1.29, 1.82) is 0 Å². The Morgan fingerprint density at radius 3 is 3.04 bits per heavy atom. The van der Waals surface area contributed by atoms with Gasteiger partial charge in [-0.15, -0.1) is 0 Å². The average Bonchev–Trinajstić information content (AvgIpc) is 3.39. The van der Waals surface area contributed by atoms with E-state index in [9.17, 15) is 4.79 Å². The molecule has 4 rings (SSSR count). The standard InChI is InChI=1S/C20H25N3O3/c1-14-4-2-5-15(10-14)11-19(24)23-9-3-6-17(12-23)25-13-18-21-20(22-26-18)16-7-8-16/h2,4-5,10,16-17H,3,6-9,11-13H2,1H3. The predicted molar refractivity (Wildman–Crippen MR) is 95.5 cm³/mol. The zero-order chi connectivity index (χ0) is 17.9. The molecule has 2 aliphatic rings. The molecule has 1 amide bonds. The van der Waals surface area contributed by atoms with Crippen LogP contribution < -0.4 is 0 Å². The highest BCUT2D eigenvalue weighted by atomic mass is 16.5. The first kappa shape index (κ1) is 17.2. The molecule has 0 spiro atoms. The van der Waals surface area contributed by atoms with Gasteiger partial charge >= 0.3 is 0 Å². The fourth-order valence-corrected chi connectivity index (χ4v) is 3.43. The maximum absolute atomic E-state index is 12.6. The van der Waals surface area contributed by atoms with E-state index in [0.717, 1.165) is 43.6 Å². The molecule has 6 heteroatoms. The summed E-state index contributed by atoms with van der Waals surface area (Å²) in [4.78, 5) is 18.9. The second kappa shape index (κ2) is 7.58. The Bertz CT molecular complexity index is 769. The summed E-state index contributed by atoms with van der Waals surface area (Å²) in [5.41, 5.74) is 2.25. The Morgan fingerprint density at radius 1 is 1.35 bits per heavy atom. The molecule has 0 bridgehead atoms. The van der Waals surface area contributed by atoms with Crippen LogP contribution in [0.25, 0.3) is 0 Å². The monoisotopic (exact) mass is 355 g/mol. The summed E-state index contributed by atoms with van der Waals surface area (Å²) < 4.78 is 11.2. The van der Waals surface area contributed by atoms with Gasteiger partial charge < -0.3 is 14.2 Å². The lowest BCUT2D eigenvalue weighted by Gasteiger charge is -2.32. The molecule has 0 N–H and O–H groups in total. The Kier molecular flexibility index (Phi) is 5.02. The first-order valence-corrected chi connectivity index (χ1v) is 9.45. The molecule has 2 heterocycles. The number of piperidine rings is 1. The number of hydrogen-bond donors (Lipinski definition) is 0. The molecule has 1 aliphatic carbocycles. The summed E-state index contributed by atoms with van der Waals surface area (Å²) in [5, 5.41) is 4.01. The molecule has 0 radical (unpaired) electrons. The van der Waals surface area contributed by atoms with Crippen molar-refractivity contribution in [2.75, 3.05) is 13.1 Å². The van der Waals surface area contributed by atoms with E-state index in [1.807, 2.05) is 30.0 Å². The van der Waals surface area contributed by atoms with Crippen LogP contribution in [-0.2, 0) is 22.6 Å². The Hall–Kier alpha value is -2.21. The number of aryl methyl sites for hydroxylation is 1. The molecule has 1 aromatic carbocycles. The van der Waals surface area contributed by atoms with Crippen molar-refractivity contribution in [2.45, 2.75) is 57.7 Å². The predicted octanol–water partition coefficient (Wildman–Crippen LogP) is 3.01. The molecule has 26 heavy (non-hydrogen) atoms. The molecule has 1 unspecified atom stereocenters. The van der Waals surface area contributed by atoms with E-state index in [2.05, 4.69) is 16.2 Å². The molecule has 1 atom stereocenters. The fourth-order valence-electron chi connectivity index (χ4n) is 3.43. The largest absolute Gasteiger partial charge is 0.367 e. The van der Waals surface area contributed by atoms with Crippen molar-refractivity contribution in [2.24, 2.45) is 0 Å². The first-order chi connectivity index (χ1) is 12.7. The molecule has 138 valence electrons. The highest BCUT2D eigenvalue weighted by Crippen LogP contribution is 2.38. The highest BCUT2D eigenvalue weighted by Gasteiger charge is 2.29. The number of carbonyl (C=O) groups excluding carboxylic acids is 1. The van der Waals surface area contributed by atoms with Crippen LogP contribution in [0, 0.1) is 6.92 Å². The molecular formula is C20H25N3O3. The number of nitrogens with zero attached hydrogens (tertiary/aromatic N) is 3. The van der Waals surface area contributed by atoms with E-state index in [1.165, 1.54) is 5.56 Å². The minimum absolute atomic E-state index is 0.0292. The van der Waals surface area contributed by atoms with Gasteiger partial charge in [0, 0.05) is 19.0 Å². The quantitative estimate of drug-likeness (QED) is 0.797. The summed E-state index contributed by atoms with van der Waals surface area (Å²) >= 11 is 0. The van der Waals surface area contributed by atoms with E-state index in [0.29, 0.717) is 31.4 Å². The summed E-state index contributed by atoms with van der Waals surface area (Å²) in [6.45, 7) is 3.81. The molecule has 1 aromatic heterocycles. The van der Waals surface area contributed by atoms with Crippen LogP contribution in [0.2, 0.25) is 0 Å². The smallest absolute Gasteiger partial charge is 0.252 e. The van der Waals surface area contributed by atoms with Gasteiger partial charge in [-0.2, -0.15) is 4.98 Å². The van der Waals surface area contributed by atoms with E-state index in [1.54, 1.807) is 0 Å². The number of aromatic nitrogens is 2. The first-order valence-electron chi connectivity index (χ1n) is 9.45.